The SMILES string of the molecule is CC(Cc1ccc2c(c1)CN(C(C)(C)C)C2)N1CC2CCCCC2C1. The first-order valence-corrected chi connectivity index (χ1v) is 10.5. The van der Waals surface area contributed by atoms with Gasteiger partial charge in [-0.15, -0.1) is 0 Å². The number of hydrogen-bond donors (Lipinski definition) is 0. The lowest BCUT2D eigenvalue weighted by molar-refractivity contribution is 0.136. The molecule has 0 amide bonds. The molecule has 1 saturated heterocycles. The van der Waals surface area contributed by atoms with Crippen LogP contribution < -0.4 is 0 Å². The Labute approximate surface area is 154 Å². The molecule has 3 atom stereocenters. The van der Waals surface area contributed by atoms with Crippen molar-refractivity contribution in [2.24, 2.45) is 11.8 Å². The summed E-state index contributed by atoms with van der Waals surface area (Å²) in [6.45, 7) is 14.4. The summed E-state index contributed by atoms with van der Waals surface area (Å²) in [6, 6.07) is 7.97. The van der Waals surface area contributed by atoms with Crippen molar-refractivity contribution in [3.05, 3.63) is 34.9 Å². The molecule has 2 nitrogen and oxygen atoms in total. The average molecular weight is 341 g/mol. The third-order valence-electron chi connectivity index (χ3n) is 7.10. The zero-order valence-electron chi connectivity index (χ0n) is 16.7. The second-order valence-corrected chi connectivity index (χ2v) is 9.94. The minimum atomic E-state index is 0.262. The highest BCUT2D eigenvalue weighted by Gasteiger charge is 2.36. The Morgan fingerprint density at radius 2 is 1.64 bits per heavy atom. The van der Waals surface area contributed by atoms with Crippen molar-refractivity contribution in [2.75, 3.05) is 13.1 Å². The average Bonchev–Trinajstić information content (AvgIpc) is 3.18. The molecule has 2 heteroatoms. The second-order valence-electron chi connectivity index (χ2n) is 9.94. The van der Waals surface area contributed by atoms with E-state index in [2.05, 4.69) is 55.7 Å². The molecule has 0 N–H and O–H groups in total. The molecule has 0 radical (unpaired) electrons. The molecule has 3 aliphatic rings. The zero-order valence-corrected chi connectivity index (χ0v) is 16.7. The van der Waals surface area contributed by atoms with Gasteiger partial charge in [-0.3, -0.25) is 9.80 Å². The summed E-state index contributed by atoms with van der Waals surface area (Å²) in [5, 5.41) is 0. The molecule has 1 aromatic carbocycles. The number of fused-ring (bicyclic) bond motifs is 2. The molecule has 25 heavy (non-hydrogen) atoms. The summed E-state index contributed by atoms with van der Waals surface area (Å²) in [6.07, 6.45) is 7.12. The monoisotopic (exact) mass is 340 g/mol. The van der Waals surface area contributed by atoms with Gasteiger partial charge >= 0.3 is 0 Å². The summed E-state index contributed by atoms with van der Waals surface area (Å²) >= 11 is 0. The van der Waals surface area contributed by atoms with E-state index < -0.39 is 0 Å². The molecule has 4 rings (SSSR count). The molecule has 2 aliphatic heterocycles. The predicted octanol–water partition coefficient (Wildman–Crippen LogP) is 4.85. The Balaban J connectivity index is 1.39. The molecule has 1 aliphatic carbocycles. The van der Waals surface area contributed by atoms with Gasteiger partial charge in [-0.25, -0.2) is 0 Å². The molecule has 2 fully saturated rings. The fraction of sp³-hybridized carbons (Fsp3) is 0.739. The maximum atomic E-state index is 2.79. The molecule has 0 spiro atoms. The zero-order chi connectivity index (χ0) is 17.6. The van der Waals surface area contributed by atoms with E-state index in [9.17, 15) is 0 Å². The Morgan fingerprint density at radius 1 is 1.00 bits per heavy atom. The van der Waals surface area contributed by atoms with Gasteiger partial charge < -0.3 is 0 Å². The normalized spacial score (nSPS) is 28.8. The van der Waals surface area contributed by atoms with Gasteiger partial charge in [0, 0.05) is 37.8 Å². The van der Waals surface area contributed by atoms with Crippen LogP contribution in [0.4, 0.5) is 0 Å². The van der Waals surface area contributed by atoms with Crippen molar-refractivity contribution in [2.45, 2.75) is 84.5 Å². The van der Waals surface area contributed by atoms with E-state index in [0.29, 0.717) is 6.04 Å². The summed E-state index contributed by atoms with van der Waals surface area (Å²) < 4.78 is 0. The predicted molar refractivity (Wildman–Crippen MR) is 106 cm³/mol. The minimum Gasteiger partial charge on any atom is -0.300 e. The van der Waals surface area contributed by atoms with Crippen LogP contribution in [0.3, 0.4) is 0 Å². The lowest BCUT2D eigenvalue weighted by Crippen LogP contribution is -2.36. The first kappa shape index (κ1) is 17.5. The van der Waals surface area contributed by atoms with Crippen LogP contribution in [0.2, 0.25) is 0 Å². The van der Waals surface area contributed by atoms with E-state index in [1.807, 2.05) is 0 Å². The van der Waals surface area contributed by atoms with Crippen molar-refractivity contribution in [3.8, 4) is 0 Å². The van der Waals surface area contributed by atoms with Crippen LogP contribution in [-0.2, 0) is 19.5 Å². The Bertz CT molecular complexity index is 601. The van der Waals surface area contributed by atoms with Gasteiger partial charge in [0.2, 0.25) is 0 Å². The van der Waals surface area contributed by atoms with Crippen LogP contribution in [0.5, 0.6) is 0 Å². The smallest absolute Gasteiger partial charge is 0.0245 e. The van der Waals surface area contributed by atoms with Crippen LogP contribution >= 0.6 is 0 Å². The summed E-state index contributed by atoms with van der Waals surface area (Å²) in [5.74, 6) is 1.99. The summed E-state index contributed by atoms with van der Waals surface area (Å²) in [7, 11) is 0. The molecular weight excluding hydrogens is 304 g/mol. The van der Waals surface area contributed by atoms with Gasteiger partial charge in [-0.05, 0) is 75.5 Å². The van der Waals surface area contributed by atoms with Gasteiger partial charge in [0.1, 0.15) is 0 Å². The lowest BCUT2D eigenvalue weighted by Gasteiger charge is -2.31. The van der Waals surface area contributed by atoms with Gasteiger partial charge in [0.05, 0.1) is 0 Å². The van der Waals surface area contributed by atoms with E-state index in [1.165, 1.54) is 50.8 Å². The summed E-state index contributed by atoms with van der Waals surface area (Å²) in [4.78, 5) is 5.38. The minimum absolute atomic E-state index is 0.262. The highest BCUT2D eigenvalue weighted by Crippen LogP contribution is 2.37. The van der Waals surface area contributed by atoms with Gasteiger partial charge in [0.15, 0.2) is 0 Å². The topological polar surface area (TPSA) is 6.48 Å². The van der Waals surface area contributed by atoms with Crippen LogP contribution in [0.1, 0.15) is 70.1 Å². The van der Waals surface area contributed by atoms with Crippen molar-refractivity contribution >= 4 is 0 Å². The maximum Gasteiger partial charge on any atom is 0.0245 e. The van der Waals surface area contributed by atoms with Gasteiger partial charge in [0.25, 0.3) is 0 Å². The Kier molecular flexibility index (Phi) is 4.70. The molecule has 1 aromatic rings. The molecule has 0 aromatic heterocycles. The van der Waals surface area contributed by atoms with Crippen molar-refractivity contribution in [1.82, 2.24) is 9.80 Å². The van der Waals surface area contributed by atoms with Crippen LogP contribution in [-0.4, -0.2) is 34.5 Å². The lowest BCUT2D eigenvalue weighted by atomic mass is 9.82. The quantitative estimate of drug-likeness (QED) is 0.776. The third-order valence-corrected chi connectivity index (χ3v) is 7.10. The first-order chi connectivity index (χ1) is 11.9. The van der Waals surface area contributed by atoms with Gasteiger partial charge in [-0.1, -0.05) is 31.0 Å². The molecule has 138 valence electrons. The standard InChI is InChI=1S/C23H36N2/c1-17(24-13-19-7-5-6-8-20(19)14-24)11-18-9-10-21-15-25(23(2,3)4)16-22(21)12-18/h9-10,12,17,19-20H,5-8,11,13-16H2,1-4H3. The number of likely N-dealkylation sites (tertiary alicyclic amines) is 1. The highest BCUT2D eigenvalue weighted by atomic mass is 15.2. The van der Waals surface area contributed by atoms with E-state index >= 15 is 0 Å². The van der Waals surface area contributed by atoms with E-state index in [0.717, 1.165) is 24.9 Å². The highest BCUT2D eigenvalue weighted by molar-refractivity contribution is 5.35. The van der Waals surface area contributed by atoms with Gasteiger partial charge in [-0.2, -0.15) is 0 Å². The van der Waals surface area contributed by atoms with E-state index in [-0.39, 0.29) is 5.54 Å². The van der Waals surface area contributed by atoms with Crippen molar-refractivity contribution < 1.29 is 0 Å². The molecule has 2 heterocycles. The fourth-order valence-corrected chi connectivity index (χ4v) is 5.32. The molecular formula is C23H36N2. The molecule has 0 bridgehead atoms. The van der Waals surface area contributed by atoms with E-state index in [4.69, 9.17) is 0 Å². The van der Waals surface area contributed by atoms with Crippen molar-refractivity contribution in [3.63, 3.8) is 0 Å². The second kappa shape index (κ2) is 6.70. The third kappa shape index (κ3) is 3.66. The first-order valence-electron chi connectivity index (χ1n) is 10.5. The van der Waals surface area contributed by atoms with E-state index in [1.54, 1.807) is 11.1 Å². The fourth-order valence-electron chi connectivity index (χ4n) is 5.32. The Hall–Kier alpha value is -0.860. The Morgan fingerprint density at radius 3 is 2.28 bits per heavy atom. The van der Waals surface area contributed by atoms with Crippen LogP contribution in [0.25, 0.3) is 0 Å². The number of hydrogen-bond acceptors (Lipinski definition) is 2. The van der Waals surface area contributed by atoms with Crippen LogP contribution in [0.15, 0.2) is 18.2 Å². The number of rotatable bonds is 3. The molecule has 3 unspecified atom stereocenters. The maximum absolute atomic E-state index is 2.79. The van der Waals surface area contributed by atoms with Crippen molar-refractivity contribution in [1.29, 1.82) is 0 Å². The summed E-state index contributed by atoms with van der Waals surface area (Å²) in [5.41, 5.74) is 4.91. The number of benzene rings is 1. The van der Waals surface area contributed by atoms with Crippen LogP contribution in [0, 0.1) is 11.8 Å². The number of nitrogens with zero attached hydrogens (tertiary/aromatic N) is 2. The largest absolute Gasteiger partial charge is 0.300 e. The molecule has 1 saturated carbocycles.